The summed E-state index contributed by atoms with van der Waals surface area (Å²) >= 11 is 0. The molecule has 12 amide bonds. The maximum absolute atomic E-state index is 14.4. The maximum atomic E-state index is 14.4. The summed E-state index contributed by atoms with van der Waals surface area (Å²) in [7, 11) is 0. The van der Waals surface area contributed by atoms with Gasteiger partial charge in [0.1, 0.15) is 58.9 Å². The van der Waals surface area contributed by atoms with E-state index in [2.05, 4.69) is 47.9 Å². The predicted octanol–water partition coefficient (Wildman–Crippen LogP) is -1.13. The van der Waals surface area contributed by atoms with Crippen molar-refractivity contribution in [2.45, 2.75) is 234 Å². The molecule has 0 bridgehead atoms. The molecule has 2 aliphatic heterocycles. The van der Waals surface area contributed by atoms with Gasteiger partial charge in [0.05, 0.1) is 25.2 Å². The number of nitrogens with zero attached hydrogens (tertiary/aromatic N) is 2. The second-order valence-electron chi connectivity index (χ2n) is 25.6. The second kappa shape index (κ2) is 30.7. The Hall–Kier alpha value is -6.44. The van der Waals surface area contributed by atoms with Crippen molar-refractivity contribution in [2.75, 3.05) is 19.7 Å². The number of carbonyl (C=O) groups excluding carboxylic acids is 12. The average Bonchev–Trinajstić information content (AvgIpc) is 4.15. The molecule has 2 heterocycles. The van der Waals surface area contributed by atoms with Crippen LogP contribution in [0.25, 0.3) is 0 Å². The lowest BCUT2D eigenvalue weighted by Gasteiger charge is -2.36. The number of aliphatic hydroxyl groups is 2. The molecule has 2 rings (SSSR count). The van der Waals surface area contributed by atoms with Crippen molar-refractivity contribution >= 4 is 70.9 Å². The third kappa shape index (κ3) is 21.4. The van der Waals surface area contributed by atoms with Crippen molar-refractivity contribution in [3.63, 3.8) is 0 Å². The number of nitrogens with two attached hydrogens (primary N) is 1. The highest BCUT2D eigenvalue weighted by Crippen LogP contribution is 2.25. The smallest absolute Gasteiger partial charge is 0.248 e. The average molecular weight is 1160 g/mol. The van der Waals surface area contributed by atoms with Crippen LogP contribution in [-0.4, -0.2) is 182 Å². The van der Waals surface area contributed by atoms with E-state index >= 15 is 0 Å². The Morgan fingerprint density at radius 1 is 0.537 bits per heavy atom. The van der Waals surface area contributed by atoms with E-state index in [0.717, 1.165) is 0 Å². The molecule has 26 nitrogen and oxygen atoms in total. The molecule has 466 valence electrons. The number of nitrogens with one attached hydrogen (secondary N) is 9. The van der Waals surface area contributed by atoms with Crippen molar-refractivity contribution in [1.82, 2.24) is 57.7 Å². The molecule has 0 aromatic carbocycles. The van der Waals surface area contributed by atoms with Crippen molar-refractivity contribution in [3.8, 4) is 0 Å². The first-order chi connectivity index (χ1) is 37.6. The number of hydrogen-bond donors (Lipinski definition) is 12. The van der Waals surface area contributed by atoms with Gasteiger partial charge < -0.3 is 73.6 Å². The summed E-state index contributed by atoms with van der Waals surface area (Å²) in [4.78, 5) is 166. The molecule has 0 unspecified atom stereocenters. The monoisotopic (exact) mass is 1160 g/mol. The number of aliphatic hydroxyl groups excluding tert-OH is 2. The zero-order chi connectivity index (χ0) is 63.1. The summed E-state index contributed by atoms with van der Waals surface area (Å²) in [6, 6.07) is -9.25. The van der Waals surface area contributed by atoms with Gasteiger partial charge >= 0.3 is 0 Å². The molecule has 0 saturated carbocycles. The summed E-state index contributed by atoms with van der Waals surface area (Å²) in [6.45, 7) is 27.1. The van der Waals surface area contributed by atoms with Crippen LogP contribution in [0.1, 0.15) is 163 Å². The highest BCUT2D eigenvalue weighted by atomic mass is 16.3. The van der Waals surface area contributed by atoms with E-state index in [1.54, 1.807) is 27.7 Å². The first-order valence-corrected chi connectivity index (χ1v) is 28.6. The first-order valence-electron chi connectivity index (χ1n) is 28.6. The third-order valence-corrected chi connectivity index (χ3v) is 14.2. The number of amides is 12. The fraction of sp³-hybridized carbons (Fsp3) is 0.786. The molecule has 0 spiro atoms. The fourth-order valence-electron chi connectivity index (χ4n) is 9.98. The van der Waals surface area contributed by atoms with E-state index in [1.807, 2.05) is 41.5 Å². The Kier molecular flexibility index (Phi) is 26.9. The van der Waals surface area contributed by atoms with E-state index < -0.39 is 160 Å². The molecule has 0 aromatic rings. The number of rotatable bonds is 30. The summed E-state index contributed by atoms with van der Waals surface area (Å²) in [5.41, 5.74) is 0.589. The Labute approximate surface area is 483 Å². The lowest BCUT2D eigenvalue weighted by Crippen LogP contribution is -2.64. The largest absolute Gasteiger partial charge is 0.394 e. The molecular formula is C56H98N12O14. The molecule has 82 heavy (non-hydrogen) atoms. The first kappa shape index (κ1) is 71.7. The maximum Gasteiger partial charge on any atom is 0.248 e. The van der Waals surface area contributed by atoms with Gasteiger partial charge in [0.25, 0.3) is 0 Å². The van der Waals surface area contributed by atoms with Gasteiger partial charge in [-0.05, 0) is 103 Å². The second-order valence-corrected chi connectivity index (χ2v) is 25.6. The highest BCUT2D eigenvalue weighted by Gasteiger charge is 2.47. The minimum absolute atomic E-state index is 0.0534. The quantitative estimate of drug-likeness (QED) is 0.0405. The minimum Gasteiger partial charge on any atom is -0.394 e. The van der Waals surface area contributed by atoms with Crippen LogP contribution >= 0.6 is 0 Å². The minimum atomic E-state index is -1.67. The van der Waals surface area contributed by atoms with Crippen LogP contribution in [0.5, 0.6) is 0 Å². The zero-order valence-corrected chi connectivity index (χ0v) is 51.4. The van der Waals surface area contributed by atoms with E-state index in [-0.39, 0.29) is 63.1 Å². The van der Waals surface area contributed by atoms with Crippen molar-refractivity contribution in [2.24, 2.45) is 35.3 Å². The standard InChI is InChI=1S/C56H98N12O14/c1-28(2)21-34(27-69)58-48(77)40-24-35(71)26-68(40)53(82)56(16,17)65-46(75)37(23-30(5)6)59-44(73)36(22-29(3)4)60-47(76)39-19-18-20-67(39)52(81)55(14,15)66-50(79)43(32(9)10)63-49(78)42(31(7)8)62-45(74)38(25-41(57)72)61-51(80)54(12,13)64-33(11)70/h28-32,34-40,42-43,69,71H,18-27H2,1-17H3,(H2,57,72)(H,58,77)(H,59,73)(H,60,76)(H,61,80)(H,62,74)(H,63,78)(H,64,70)(H,65,75)(H,66,79)/t34-,35+,36-,37-,38-,39-,40-,42-,43-/m0/s1. The van der Waals surface area contributed by atoms with Gasteiger partial charge in [0.15, 0.2) is 0 Å². The van der Waals surface area contributed by atoms with E-state index in [9.17, 15) is 67.7 Å². The number of hydrogen-bond acceptors (Lipinski definition) is 14. The molecule has 0 aromatic heterocycles. The number of β-amino-alcohol motifs (C(OH)–C–C–N with tert-alkyl or cyclic N) is 1. The van der Waals surface area contributed by atoms with Crippen molar-refractivity contribution in [3.05, 3.63) is 0 Å². The highest BCUT2D eigenvalue weighted by molar-refractivity contribution is 6.01. The summed E-state index contributed by atoms with van der Waals surface area (Å²) < 4.78 is 0. The van der Waals surface area contributed by atoms with Crippen molar-refractivity contribution in [1.29, 1.82) is 0 Å². The van der Waals surface area contributed by atoms with Crippen molar-refractivity contribution < 1.29 is 67.7 Å². The third-order valence-electron chi connectivity index (χ3n) is 14.2. The van der Waals surface area contributed by atoms with Crippen LogP contribution in [0.3, 0.4) is 0 Å². The van der Waals surface area contributed by atoms with Gasteiger partial charge in [-0.1, -0.05) is 69.2 Å². The zero-order valence-electron chi connectivity index (χ0n) is 51.4. The fourth-order valence-corrected chi connectivity index (χ4v) is 9.98. The van der Waals surface area contributed by atoms with Gasteiger partial charge in [-0.25, -0.2) is 0 Å². The molecule has 0 radical (unpaired) electrons. The van der Waals surface area contributed by atoms with E-state index in [1.165, 1.54) is 58.3 Å². The molecule has 2 saturated heterocycles. The summed E-state index contributed by atoms with van der Waals surface area (Å²) in [5.74, 6) is -10.1. The topological polar surface area (TPSA) is 386 Å². The SMILES string of the molecule is CC(=O)NC(C)(C)C(=O)N[C@@H](CC(N)=O)C(=O)N[C@H](C(=O)N[C@H](C(=O)NC(C)(C)C(=O)N1CCC[C@H]1C(=O)N[C@@H](CC(C)C)C(=O)N[C@@H](CC(C)C)C(=O)NC(C)(C)C(=O)N1C[C@H](O)C[C@H]1C(=O)N[C@H](CO)CC(C)C)C(C)C)C(C)C. The Morgan fingerprint density at radius 3 is 1.49 bits per heavy atom. The Bertz CT molecular complexity index is 2320. The predicted molar refractivity (Wildman–Crippen MR) is 304 cm³/mol. The van der Waals surface area contributed by atoms with Gasteiger partial charge in [-0.15, -0.1) is 0 Å². The molecule has 9 atom stereocenters. The van der Waals surface area contributed by atoms with Gasteiger partial charge in [-0.3, -0.25) is 57.5 Å². The molecule has 2 aliphatic rings. The van der Waals surface area contributed by atoms with Gasteiger partial charge in [0, 0.05) is 26.4 Å². The molecule has 2 fully saturated rings. The molecule has 13 N–H and O–H groups in total. The normalized spacial score (nSPS) is 18.9. The lowest BCUT2D eigenvalue weighted by atomic mass is 9.96. The van der Waals surface area contributed by atoms with Crippen LogP contribution in [-0.2, 0) is 57.5 Å². The lowest BCUT2D eigenvalue weighted by molar-refractivity contribution is -0.146. The number of likely N-dealkylation sites (tertiary alicyclic amines) is 2. The van der Waals surface area contributed by atoms with Crippen LogP contribution in [0.15, 0.2) is 0 Å². The van der Waals surface area contributed by atoms with Gasteiger partial charge in [-0.2, -0.15) is 0 Å². The van der Waals surface area contributed by atoms with Crippen LogP contribution in [0, 0.1) is 29.6 Å². The van der Waals surface area contributed by atoms with E-state index in [0.29, 0.717) is 12.8 Å². The van der Waals surface area contributed by atoms with Crippen LogP contribution in [0.4, 0.5) is 0 Å². The molecular weight excluding hydrogens is 1060 g/mol. The summed E-state index contributed by atoms with van der Waals surface area (Å²) in [6.07, 6.45) is -0.387. The molecule has 0 aliphatic carbocycles. The number of primary amides is 1. The van der Waals surface area contributed by atoms with Crippen LogP contribution < -0.4 is 53.6 Å². The molecule has 26 heteroatoms. The Morgan fingerprint density at radius 2 is 1.00 bits per heavy atom. The van der Waals surface area contributed by atoms with Crippen LogP contribution in [0.2, 0.25) is 0 Å². The Balaban J connectivity index is 2.29. The van der Waals surface area contributed by atoms with E-state index in [4.69, 9.17) is 5.73 Å². The van der Waals surface area contributed by atoms with Gasteiger partial charge in [0.2, 0.25) is 70.9 Å². The number of carbonyl (C=O) groups is 12. The summed E-state index contributed by atoms with van der Waals surface area (Å²) in [5, 5.41) is 44.3.